The number of aryl methyl sites for hydroxylation is 1. The van der Waals surface area contributed by atoms with E-state index in [1.54, 1.807) is 0 Å². The minimum atomic E-state index is 0.186. The molecule has 0 radical (unpaired) electrons. The summed E-state index contributed by atoms with van der Waals surface area (Å²) in [4.78, 5) is 9.26. The van der Waals surface area contributed by atoms with Crippen LogP contribution in [-0.4, -0.2) is 14.5 Å². The molecule has 0 bridgehead atoms. The Kier molecular flexibility index (Phi) is 4.75. The summed E-state index contributed by atoms with van der Waals surface area (Å²) in [6.45, 7) is 0.706. The number of rotatable bonds is 6. The first-order valence-electron chi connectivity index (χ1n) is 8.90. The van der Waals surface area contributed by atoms with Gasteiger partial charge in [0, 0.05) is 31.4 Å². The summed E-state index contributed by atoms with van der Waals surface area (Å²) in [5, 5.41) is 3.68. The molecule has 1 N–H and O–H groups in total. The Morgan fingerprint density at radius 2 is 1.69 bits per heavy atom. The van der Waals surface area contributed by atoms with Gasteiger partial charge in [-0.1, -0.05) is 48.5 Å². The average molecular weight is 342 g/mol. The fourth-order valence-electron chi connectivity index (χ4n) is 3.29. The number of nitrogens with one attached hydrogen (secondary N) is 1. The van der Waals surface area contributed by atoms with Crippen molar-refractivity contribution in [3.8, 4) is 0 Å². The van der Waals surface area contributed by atoms with Gasteiger partial charge in [0.05, 0.1) is 17.6 Å². The lowest BCUT2D eigenvalue weighted by Gasteiger charge is -2.19. The van der Waals surface area contributed by atoms with Crippen LogP contribution >= 0.6 is 0 Å². The molecule has 130 valence electrons. The van der Waals surface area contributed by atoms with Gasteiger partial charge in [0.2, 0.25) is 0 Å². The Labute approximate surface area is 153 Å². The lowest BCUT2D eigenvalue weighted by atomic mass is 10.0. The van der Waals surface area contributed by atoms with Gasteiger partial charge in [-0.3, -0.25) is 4.98 Å². The zero-order valence-corrected chi connectivity index (χ0v) is 14.8. The molecule has 0 spiro atoms. The molecule has 4 heteroatoms. The lowest BCUT2D eigenvalue weighted by molar-refractivity contribution is 0.509. The van der Waals surface area contributed by atoms with Gasteiger partial charge in [0.15, 0.2) is 0 Å². The third-order valence-electron chi connectivity index (χ3n) is 4.73. The lowest BCUT2D eigenvalue weighted by Crippen LogP contribution is -2.24. The van der Waals surface area contributed by atoms with Gasteiger partial charge in [-0.25, -0.2) is 4.98 Å². The zero-order chi connectivity index (χ0) is 17.8. The average Bonchev–Trinajstić information content (AvgIpc) is 3.03. The maximum absolute atomic E-state index is 4.77. The number of aromatic nitrogens is 3. The molecule has 2 aromatic carbocycles. The van der Waals surface area contributed by atoms with Gasteiger partial charge in [-0.2, -0.15) is 0 Å². The second-order valence-corrected chi connectivity index (χ2v) is 6.45. The highest BCUT2D eigenvalue weighted by Gasteiger charge is 2.14. The Hall–Kier alpha value is -2.98. The van der Waals surface area contributed by atoms with E-state index in [1.807, 2.05) is 30.5 Å². The van der Waals surface area contributed by atoms with Crippen LogP contribution in [0, 0.1) is 0 Å². The molecule has 0 aliphatic rings. The van der Waals surface area contributed by atoms with Crippen LogP contribution in [-0.2, 0) is 20.0 Å². The van der Waals surface area contributed by atoms with E-state index in [1.165, 1.54) is 5.56 Å². The largest absolute Gasteiger partial charge is 0.330 e. The smallest absolute Gasteiger partial charge is 0.123 e. The molecule has 0 aliphatic heterocycles. The molecular weight excluding hydrogens is 320 g/mol. The van der Waals surface area contributed by atoms with Gasteiger partial charge in [0.25, 0.3) is 0 Å². The van der Waals surface area contributed by atoms with Crippen molar-refractivity contribution in [2.45, 2.75) is 19.0 Å². The van der Waals surface area contributed by atoms with E-state index in [0.29, 0.717) is 6.54 Å². The quantitative estimate of drug-likeness (QED) is 0.575. The summed E-state index contributed by atoms with van der Waals surface area (Å²) < 4.78 is 2.16. The van der Waals surface area contributed by atoms with E-state index in [9.17, 15) is 0 Å². The van der Waals surface area contributed by atoms with Crippen molar-refractivity contribution in [2.24, 2.45) is 7.05 Å². The number of nitrogens with zero attached hydrogens (tertiary/aromatic N) is 3. The van der Waals surface area contributed by atoms with E-state index in [-0.39, 0.29) is 6.04 Å². The topological polar surface area (TPSA) is 42.7 Å². The van der Waals surface area contributed by atoms with Gasteiger partial charge in [-0.05, 0) is 29.8 Å². The molecule has 1 unspecified atom stereocenters. The summed E-state index contributed by atoms with van der Waals surface area (Å²) in [6.07, 6.45) is 2.69. The van der Waals surface area contributed by atoms with Crippen molar-refractivity contribution < 1.29 is 0 Å². The Bertz CT molecular complexity index is 977. The predicted molar refractivity (Wildman–Crippen MR) is 105 cm³/mol. The fraction of sp³-hybridized carbons (Fsp3) is 0.182. The van der Waals surface area contributed by atoms with Crippen molar-refractivity contribution in [2.75, 3.05) is 0 Å². The highest BCUT2D eigenvalue weighted by molar-refractivity contribution is 5.75. The molecule has 0 aliphatic carbocycles. The first-order chi connectivity index (χ1) is 12.8. The van der Waals surface area contributed by atoms with E-state index >= 15 is 0 Å². The monoisotopic (exact) mass is 342 g/mol. The standard InChI is InChI=1S/C22H22N4/c1-26-21-13-6-5-12-19(21)25-22(26)16-24-20(17-9-3-2-4-10-17)15-18-11-7-8-14-23-18/h2-14,20,24H,15-16H2,1H3. The number of para-hydroxylation sites is 2. The molecule has 2 heterocycles. The van der Waals surface area contributed by atoms with Crippen LogP contribution in [0.15, 0.2) is 79.0 Å². The van der Waals surface area contributed by atoms with Gasteiger partial charge >= 0.3 is 0 Å². The Morgan fingerprint density at radius 1 is 0.923 bits per heavy atom. The van der Waals surface area contributed by atoms with Gasteiger partial charge in [-0.15, -0.1) is 0 Å². The normalized spacial score (nSPS) is 12.3. The summed E-state index contributed by atoms with van der Waals surface area (Å²) in [7, 11) is 2.07. The second kappa shape index (κ2) is 7.50. The minimum absolute atomic E-state index is 0.186. The highest BCUT2D eigenvalue weighted by atomic mass is 15.1. The Morgan fingerprint density at radius 3 is 2.46 bits per heavy atom. The second-order valence-electron chi connectivity index (χ2n) is 6.45. The highest BCUT2D eigenvalue weighted by Crippen LogP contribution is 2.19. The fourth-order valence-corrected chi connectivity index (χ4v) is 3.29. The van der Waals surface area contributed by atoms with Crippen LogP contribution in [0.4, 0.5) is 0 Å². The molecular formula is C22H22N4. The van der Waals surface area contributed by atoms with Crippen LogP contribution in [0.2, 0.25) is 0 Å². The molecule has 26 heavy (non-hydrogen) atoms. The van der Waals surface area contributed by atoms with E-state index in [2.05, 4.69) is 70.4 Å². The zero-order valence-electron chi connectivity index (χ0n) is 14.8. The van der Waals surface area contributed by atoms with Crippen LogP contribution in [0.3, 0.4) is 0 Å². The first kappa shape index (κ1) is 16.5. The molecule has 0 fully saturated rings. The number of pyridine rings is 1. The van der Waals surface area contributed by atoms with Crippen molar-refractivity contribution >= 4 is 11.0 Å². The van der Waals surface area contributed by atoms with Gasteiger partial charge in [0.1, 0.15) is 5.82 Å². The molecule has 0 amide bonds. The van der Waals surface area contributed by atoms with Crippen molar-refractivity contribution in [3.05, 3.63) is 96.1 Å². The molecule has 4 rings (SSSR count). The van der Waals surface area contributed by atoms with Crippen molar-refractivity contribution in [1.82, 2.24) is 19.9 Å². The van der Waals surface area contributed by atoms with E-state index < -0.39 is 0 Å². The Balaban J connectivity index is 1.57. The van der Waals surface area contributed by atoms with Crippen molar-refractivity contribution in [3.63, 3.8) is 0 Å². The summed E-state index contributed by atoms with van der Waals surface area (Å²) in [5.74, 6) is 1.04. The molecule has 4 nitrogen and oxygen atoms in total. The minimum Gasteiger partial charge on any atom is -0.330 e. The van der Waals surface area contributed by atoms with Crippen LogP contribution < -0.4 is 5.32 Å². The number of hydrogen-bond acceptors (Lipinski definition) is 3. The summed E-state index contributed by atoms with van der Waals surface area (Å²) in [6, 6.07) is 25.0. The maximum atomic E-state index is 4.77. The number of imidazole rings is 1. The molecule has 1 atom stereocenters. The third kappa shape index (κ3) is 3.51. The number of hydrogen-bond donors (Lipinski definition) is 1. The van der Waals surface area contributed by atoms with Crippen LogP contribution in [0.25, 0.3) is 11.0 Å². The molecule has 4 aromatic rings. The van der Waals surface area contributed by atoms with Crippen LogP contribution in [0.5, 0.6) is 0 Å². The SMILES string of the molecule is Cn1c(CNC(Cc2ccccn2)c2ccccc2)nc2ccccc21. The van der Waals surface area contributed by atoms with E-state index in [0.717, 1.165) is 29.0 Å². The maximum Gasteiger partial charge on any atom is 0.123 e. The van der Waals surface area contributed by atoms with Crippen molar-refractivity contribution in [1.29, 1.82) is 0 Å². The predicted octanol–water partition coefficient (Wildman–Crippen LogP) is 4.04. The third-order valence-corrected chi connectivity index (χ3v) is 4.73. The first-order valence-corrected chi connectivity index (χ1v) is 8.90. The summed E-state index contributed by atoms with van der Waals surface area (Å²) in [5.41, 5.74) is 4.54. The number of fused-ring (bicyclic) bond motifs is 1. The molecule has 0 saturated heterocycles. The van der Waals surface area contributed by atoms with Gasteiger partial charge < -0.3 is 9.88 Å². The van der Waals surface area contributed by atoms with Crippen LogP contribution in [0.1, 0.15) is 23.1 Å². The van der Waals surface area contributed by atoms with E-state index in [4.69, 9.17) is 4.98 Å². The number of benzene rings is 2. The molecule has 2 aromatic heterocycles. The molecule has 0 saturated carbocycles. The summed E-state index contributed by atoms with van der Waals surface area (Å²) >= 11 is 0.